The summed E-state index contributed by atoms with van der Waals surface area (Å²) in [6.45, 7) is 0. The summed E-state index contributed by atoms with van der Waals surface area (Å²) in [5.41, 5.74) is 3.59. The molecule has 0 aliphatic carbocycles. The Morgan fingerprint density at radius 3 is 2.76 bits per heavy atom. The van der Waals surface area contributed by atoms with Crippen LogP contribution in [0.4, 0.5) is 0 Å². The number of carbonyl (C=O) groups excluding carboxylic acids is 1. The van der Waals surface area contributed by atoms with Crippen molar-refractivity contribution in [3.63, 3.8) is 0 Å². The van der Waals surface area contributed by atoms with Crippen molar-refractivity contribution >= 4 is 28.6 Å². The van der Waals surface area contributed by atoms with Crippen molar-refractivity contribution in [3.8, 4) is 0 Å². The van der Waals surface area contributed by atoms with Crippen LogP contribution in [0, 0.1) is 0 Å². The summed E-state index contributed by atoms with van der Waals surface area (Å²) in [5.74, 6) is -0.308. The number of hydrogen-bond donors (Lipinski definition) is 1. The number of aromatic nitrogens is 2. The van der Waals surface area contributed by atoms with Gasteiger partial charge in [-0.25, -0.2) is 9.78 Å². The molecule has 3 rings (SSSR count). The van der Waals surface area contributed by atoms with Crippen LogP contribution in [0.3, 0.4) is 0 Å². The van der Waals surface area contributed by atoms with Crippen molar-refractivity contribution in [1.82, 2.24) is 9.97 Å². The van der Waals surface area contributed by atoms with Gasteiger partial charge in [-0.1, -0.05) is 41.9 Å². The molecule has 1 heterocycles. The van der Waals surface area contributed by atoms with E-state index < -0.39 is 5.97 Å². The predicted molar refractivity (Wildman–Crippen MR) is 81.7 cm³/mol. The molecule has 0 saturated carbocycles. The lowest BCUT2D eigenvalue weighted by molar-refractivity contribution is 0.0588. The zero-order valence-electron chi connectivity index (χ0n) is 11.4. The van der Waals surface area contributed by atoms with Gasteiger partial charge in [0.25, 0.3) is 0 Å². The van der Waals surface area contributed by atoms with Gasteiger partial charge in [0, 0.05) is 5.02 Å². The number of rotatable bonds is 3. The van der Waals surface area contributed by atoms with E-state index in [9.17, 15) is 4.79 Å². The SMILES string of the molecule is COC(=O)c1nc2c(Cc3ccccc3)cc(Cl)cc2[nH]1. The van der Waals surface area contributed by atoms with Crippen LogP contribution < -0.4 is 0 Å². The maximum Gasteiger partial charge on any atom is 0.374 e. The molecule has 1 aromatic heterocycles. The van der Waals surface area contributed by atoms with E-state index in [-0.39, 0.29) is 5.82 Å². The number of ether oxygens (including phenoxy) is 1. The van der Waals surface area contributed by atoms with Crippen molar-refractivity contribution in [2.45, 2.75) is 6.42 Å². The molecule has 0 saturated heterocycles. The number of halogens is 1. The van der Waals surface area contributed by atoms with E-state index in [4.69, 9.17) is 11.6 Å². The summed E-state index contributed by atoms with van der Waals surface area (Å²) in [4.78, 5) is 18.9. The molecular weight excluding hydrogens is 288 g/mol. The minimum absolute atomic E-state index is 0.184. The topological polar surface area (TPSA) is 55.0 Å². The summed E-state index contributed by atoms with van der Waals surface area (Å²) < 4.78 is 4.69. The number of aromatic amines is 1. The average molecular weight is 301 g/mol. The van der Waals surface area contributed by atoms with Crippen molar-refractivity contribution in [2.75, 3.05) is 7.11 Å². The lowest BCUT2D eigenvalue weighted by Gasteiger charge is -2.03. The molecule has 21 heavy (non-hydrogen) atoms. The van der Waals surface area contributed by atoms with Gasteiger partial charge >= 0.3 is 5.97 Å². The van der Waals surface area contributed by atoms with Crippen LogP contribution in [0.25, 0.3) is 11.0 Å². The summed E-state index contributed by atoms with van der Waals surface area (Å²) in [6.07, 6.45) is 0.698. The minimum atomic E-state index is -0.493. The number of carbonyl (C=O) groups is 1. The van der Waals surface area contributed by atoms with Gasteiger partial charge in [-0.15, -0.1) is 0 Å². The van der Waals surface area contributed by atoms with Gasteiger partial charge in [-0.05, 0) is 29.7 Å². The zero-order valence-corrected chi connectivity index (χ0v) is 12.1. The largest absolute Gasteiger partial charge is 0.463 e. The molecule has 0 amide bonds. The highest BCUT2D eigenvalue weighted by atomic mass is 35.5. The number of nitrogens with one attached hydrogen (secondary N) is 1. The number of fused-ring (bicyclic) bond motifs is 1. The fourth-order valence-corrected chi connectivity index (χ4v) is 2.54. The summed E-state index contributed by atoms with van der Waals surface area (Å²) in [7, 11) is 1.33. The molecule has 0 bridgehead atoms. The van der Waals surface area contributed by atoms with Crippen LogP contribution in [-0.2, 0) is 11.2 Å². The van der Waals surface area contributed by atoms with E-state index >= 15 is 0 Å². The molecule has 3 aromatic rings. The Morgan fingerprint density at radius 2 is 2.05 bits per heavy atom. The van der Waals surface area contributed by atoms with Crippen molar-refractivity contribution < 1.29 is 9.53 Å². The molecule has 0 atom stereocenters. The molecule has 0 unspecified atom stereocenters. The summed E-state index contributed by atoms with van der Waals surface area (Å²) in [5, 5.41) is 0.605. The standard InChI is InChI=1S/C16H13ClN2O2/c1-21-16(20)15-18-13-9-12(17)8-11(14(13)19-15)7-10-5-3-2-4-6-10/h2-6,8-9H,7H2,1H3,(H,18,19). The van der Waals surface area contributed by atoms with Crippen LogP contribution in [0.1, 0.15) is 21.7 Å². The normalized spacial score (nSPS) is 10.8. The Balaban J connectivity index is 2.08. The molecular formula is C16H13ClN2O2. The number of nitrogens with zero attached hydrogens (tertiary/aromatic N) is 1. The second-order valence-corrected chi connectivity index (χ2v) is 5.14. The number of hydrogen-bond acceptors (Lipinski definition) is 3. The third kappa shape index (κ3) is 2.76. The van der Waals surface area contributed by atoms with E-state index in [1.807, 2.05) is 36.4 Å². The number of methoxy groups -OCH3 is 1. The van der Waals surface area contributed by atoms with Crippen LogP contribution in [0.15, 0.2) is 42.5 Å². The first-order valence-electron chi connectivity index (χ1n) is 6.48. The van der Waals surface area contributed by atoms with Gasteiger partial charge in [0.2, 0.25) is 5.82 Å². The Bertz CT molecular complexity index is 797. The number of esters is 1. The van der Waals surface area contributed by atoms with Gasteiger partial charge < -0.3 is 9.72 Å². The Hall–Kier alpha value is -2.33. The highest BCUT2D eigenvalue weighted by Crippen LogP contribution is 2.24. The molecule has 0 aliphatic heterocycles. The molecule has 0 radical (unpaired) electrons. The Morgan fingerprint density at radius 1 is 1.29 bits per heavy atom. The Kier molecular flexibility index (Phi) is 3.62. The summed E-state index contributed by atoms with van der Waals surface area (Å²) in [6, 6.07) is 13.7. The number of benzene rings is 2. The lowest BCUT2D eigenvalue weighted by atomic mass is 10.0. The van der Waals surface area contributed by atoms with Gasteiger partial charge in [0.15, 0.2) is 0 Å². The molecule has 0 aliphatic rings. The number of imidazole rings is 1. The smallest absolute Gasteiger partial charge is 0.374 e. The molecule has 0 spiro atoms. The minimum Gasteiger partial charge on any atom is -0.463 e. The molecule has 0 fully saturated rings. The van der Waals surface area contributed by atoms with Crippen molar-refractivity contribution in [2.24, 2.45) is 0 Å². The van der Waals surface area contributed by atoms with E-state index in [1.165, 1.54) is 7.11 Å². The van der Waals surface area contributed by atoms with Crippen LogP contribution in [0.2, 0.25) is 5.02 Å². The fraction of sp³-hybridized carbons (Fsp3) is 0.125. The van der Waals surface area contributed by atoms with Gasteiger partial charge in [-0.3, -0.25) is 0 Å². The second-order valence-electron chi connectivity index (χ2n) is 4.70. The quantitative estimate of drug-likeness (QED) is 0.752. The van der Waals surface area contributed by atoms with E-state index in [0.717, 1.165) is 22.2 Å². The van der Waals surface area contributed by atoms with Crippen LogP contribution in [0.5, 0.6) is 0 Å². The van der Waals surface area contributed by atoms with E-state index in [2.05, 4.69) is 14.7 Å². The van der Waals surface area contributed by atoms with Gasteiger partial charge in [0.1, 0.15) is 0 Å². The third-order valence-corrected chi connectivity index (χ3v) is 3.46. The molecule has 4 nitrogen and oxygen atoms in total. The first kappa shape index (κ1) is 13.6. The highest BCUT2D eigenvalue weighted by Gasteiger charge is 2.15. The summed E-state index contributed by atoms with van der Waals surface area (Å²) >= 11 is 6.15. The molecule has 2 aromatic carbocycles. The first-order valence-corrected chi connectivity index (χ1v) is 6.85. The molecule has 5 heteroatoms. The highest BCUT2D eigenvalue weighted by molar-refractivity contribution is 6.31. The first-order chi connectivity index (χ1) is 10.2. The fourth-order valence-electron chi connectivity index (χ4n) is 2.29. The van der Waals surface area contributed by atoms with Crippen LogP contribution in [-0.4, -0.2) is 23.0 Å². The van der Waals surface area contributed by atoms with E-state index in [0.29, 0.717) is 11.4 Å². The van der Waals surface area contributed by atoms with E-state index in [1.54, 1.807) is 6.07 Å². The lowest BCUT2D eigenvalue weighted by Crippen LogP contribution is -2.03. The molecule has 106 valence electrons. The van der Waals surface area contributed by atoms with Crippen molar-refractivity contribution in [3.05, 3.63) is 64.4 Å². The maximum absolute atomic E-state index is 11.6. The van der Waals surface area contributed by atoms with Crippen LogP contribution >= 0.6 is 11.6 Å². The number of H-pyrrole nitrogens is 1. The predicted octanol–water partition coefficient (Wildman–Crippen LogP) is 3.59. The van der Waals surface area contributed by atoms with Crippen molar-refractivity contribution in [1.29, 1.82) is 0 Å². The van der Waals surface area contributed by atoms with Gasteiger partial charge in [-0.2, -0.15) is 0 Å². The average Bonchev–Trinajstić information content (AvgIpc) is 2.91. The monoisotopic (exact) mass is 300 g/mol. The third-order valence-electron chi connectivity index (χ3n) is 3.25. The Labute approximate surface area is 126 Å². The maximum atomic E-state index is 11.6. The zero-order chi connectivity index (χ0) is 14.8. The second kappa shape index (κ2) is 5.58. The van der Waals surface area contributed by atoms with Gasteiger partial charge in [0.05, 0.1) is 18.1 Å². The molecule has 1 N–H and O–H groups in total.